The number of benzene rings is 1. The van der Waals surface area contributed by atoms with Crippen molar-refractivity contribution < 1.29 is 4.79 Å². The summed E-state index contributed by atoms with van der Waals surface area (Å²) >= 11 is 0. The lowest BCUT2D eigenvalue weighted by atomic mass is 9.98. The van der Waals surface area contributed by atoms with Crippen molar-refractivity contribution in [2.45, 2.75) is 19.8 Å². The number of hydrogen-bond donors (Lipinski definition) is 0. The fourth-order valence-electron chi connectivity index (χ4n) is 2.49. The SMILES string of the molecule is CC1CCN(C(=O)c2ccc3nccnc3c2)CC1. The average molecular weight is 255 g/mol. The Bertz CT molecular complexity index is 603. The molecule has 1 aliphatic heterocycles. The first-order valence-corrected chi connectivity index (χ1v) is 6.74. The van der Waals surface area contributed by atoms with Crippen LogP contribution in [0.2, 0.25) is 0 Å². The van der Waals surface area contributed by atoms with E-state index in [4.69, 9.17) is 0 Å². The molecule has 2 heterocycles. The summed E-state index contributed by atoms with van der Waals surface area (Å²) in [5, 5.41) is 0. The van der Waals surface area contributed by atoms with Crippen LogP contribution in [0.4, 0.5) is 0 Å². The zero-order valence-electron chi connectivity index (χ0n) is 11.0. The Kier molecular flexibility index (Phi) is 3.15. The maximum Gasteiger partial charge on any atom is 0.253 e. The summed E-state index contributed by atoms with van der Waals surface area (Å²) in [6.07, 6.45) is 5.51. The molecule has 0 radical (unpaired) electrons. The van der Waals surface area contributed by atoms with Gasteiger partial charge in [-0.3, -0.25) is 14.8 Å². The first-order chi connectivity index (χ1) is 9.24. The van der Waals surface area contributed by atoms with Gasteiger partial charge in [-0.25, -0.2) is 0 Å². The molecule has 1 fully saturated rings. The Hall–Kier alpha value is -1.97. The highest BCUT2D eigenvalue weighted by Crippen LogP contribution is 2.19. The number of carbonyl (C=O) groups excluding carboxylic acids is 1. The standard InChI is InChI=1S/C15H17N3O/c1-11-4-8-18(9-5-11)15(19)12-2-3-13-14(10-12)17-7-6-16-13/h2-3,6-7,10-11H,4-5,8-9H2,1H3. The fourth-order valence-corrected chi connectivity index (χ4v) is 2.49. The van der Waals surface area contributed by atoms with E-state index in [0.29, 0.717) is 5.56 Å². The number of nitrogens with zero attached hydrogens (tertiary/aromatic N) is 3. The number of likely N-dealkylation sites (tertiary alicyclic amines) is 1. The van der Waals surface area contributed by atoms with Crippen molar-refractivity contribution in [3.63, 3.8) is 0 Å². The Morgan fingerprint density at radius 2 is 1.84 bits per heavy atom. The maximum absolute atomic E-state index is 12.4. The quantitative estimate of drug-likeness (QED) is 0.786. The van der Waals surface area contributed by atoms with Gasteiger partial charge >= 0.3 is 0 Å². The molecule has 98 valence electrons. The molecule has 0 bridgehead atoms. The molecule has 1 aromatic carbocycles. The van der Waals surface area contributed by atoms with E-state index in [0.717, 1.165) is 42.9 Å². The van der Waals surface area contributed by atoms with Crippen LogP contribution in [0, 0.1) is 5.92 Å². The van der Waals surface area contributed by atoms with Gasteiger partial charge in [-0.15, -0.1) is 0 Å². The Morgan fingerprint density at radius 3 is 2.58 bits per heavy atom. The van der Waals surface area contributed by atoms with Gasteiger partial charge in [0.2, 0.25) is 0 Å². The minimum atomic E-state index is 0.111. The fraction of sp³-hybridized carbons (Fsp3) is 0.400. The highest BCUT2D eigenvalue weighted by molar-refractivity contribution is 5.97. The molecule has 19 heavy (non-hydrogen) atoms. The summed E-state index contributed by atoms with van der Waals surface area (Å²) < 4.78 is 0. The van der Waals surface area contributed by atoms with Gasteiger partial charge in [0.05, 0.1) is 11.0 Å². The van der Waals surface area contributed by atoms with E-state index < -0.39 is 0 Å². The third-order valence-corrected chi connectivity index (χ3v) is 3.79. The van der Waals surface area contributed by atoms with Gasteiger partial charge in [-0.05, 0) is 37.0 Å². The summed E-state index contributed by atoms with van der Waals surface area (Å²) in [5.41, 5.74) is 2.31. The van der Waals surface area contributed by atoms with E-state index in [9.17, 15) is 4.79 Å². The lowest BCUT2D eigenvalue weighted by molar-refractivity contribution is 0.0697. The molecule has 4 heteroatoms. The molecular weight excluding hydrogens is 238 g/mol. The van der Waals surface area contributed by atoms with Gasteiger partial charge < -0.3 is 4.90 Å². The van der Waals surface area contributed by atoms with Crippen LogP contribution in [0.3, 0.4) is 0 Å². The van der Waals surface area contributed by atoms with E-state index in [-0.39, 0.29) is 5.91 Å². The van der Waals surface area contributed by atoms with Gasteiger partial charge in [0.1, 0.15) is 0 Å². The highest BCUT2D eigenvalue weighted by Gasteiger charge is 2.21. The van der Waals surface area contributed by atoms with Crippen LogP contribution >= 0.6 is 0 Å². The Labute approximate surface area is 112 Å². The largest absolute Gasteiger partial charge is 0.339 e. The lowest BCUT2D eigenvalue weighted by Gasteiger charge is -2.30. The topological polar surface area (TPSA) is 46.1 Å². The molecule has 0 unspecified atom stereocenters. The zero-order chi connectivity index (χ0) is 13.2. The van der Waals surface area contributed by atoms with Gasteiger partial charge in [0, 0.05) is 31.0 Å². The van der Waals surface area contributed by atoms with Crippen LogP contribution in [0.15, 0.2) is 30.6 Å². The molecule has 4 nitrogen and oxygen atoms in total. The number of amides is 1. The van der Waals surface area contributed by atoms with Crippen molar-refractivity contribution in [2.24, 2.45) is 5.92 Å². The minimum Gasteiger partial charge on any atom is -0.339 e. The third-order valence-electron chi connectivity index (χ3n) is 3.79. The molecule has 0 aliphatic carbocycles. The predicted molar refractivity (Wildman–Crippen MR) is 73.8 cm³/mol. The van der Waals surface area contributed by atoms with Gasteiger partial charge in [0.15, 0.2) is 0 Å². The number of carbonyl (C=O) groups is 1. The predicted octanol–water partition coefficient (Wildman–Crippen LogP) is 2.50. The number of aromatic nitrogens is 2. The van der Waals surface area contributed by atoms with Gasteiger partial charge in [0.25, 0.3) is 5.91 Å². The molecule has 1 amide bonds. The van der Waals surface area contributed by atoms with Crippen LogP contribution in [-0.2, 0) is 0 Å². The molecule has 0 atom stereocenters. The summed E-state index contributed by atoms with van der Waals surface area (Å²) in [6.45, 7) is 3.96. The second-order valence-electron chi connectivity index (χ2n) is 5.23. The van der Waals surface area contributed by atoms with Crippen molar-refractivity contribution >= 4 is 16.9 Å². The first-order valence-electron chi connectivity index (χ1n) is 6.74. The van der Waals surface area contributed by atoms with E-state index in [1.807, 2.05) is 23.1 Å². The third kappa shape index (κ3) is 2.43. The second-order valence-corrected chi connectivity index (χ2v) is 5.23. The van der Waals surface area contributed by atoms with Crippen LogP contribution in [-0.4, -0.2) is 33.9 Å². The molecule has 2 aromatic rings. The van der Waals surface area contributed by atoms with Crippen molar-refractivity contribution in [1.29, 1.82) is 0 Å². The molecule has 1 aromatic heterocycles. The van der Waals surface area contributed by atoms with Gasteiger partial charge in [-0.1, -0.05) is 6.92 Å². The van der Waals surface area contributed by atoms with Crippen LogP contribution in [0.1, 0.15) is 30.1 Å². The Balaban J connectivity index is 1.85. The minimum absolute atomic E-state index is 0.111. The second kappa shape index (κ2) is 4.96. The molecule has 0 N–H and O–H groups in total. The number of rotatable bonds is 1. The number of fused-ring (bicyclic) bond motifs is 1. The van der Waals surface area contributed by atoms with E-state index in [1.165, 1.54) is 0 Å². The lowest BCUT2D eigenvalue weighted by Crippen LogP contribution is -2.37. The number of piperidine rings is 1. The van der Waals surface area contributed by atoms with Crippen molar-refractivity contribution in [3.8, 4) is 0 Å². The summed E-state index contributed by atoms with van der Waals surface area (Å²) in [7, 11) is 0. The van der Waals surface area contributed by atoms with Crippen molar-refractivity contribution in [3.05, 3.63) is 36.2 Å². The molecule has 1 saturated heterocycles. The monoisotopic (exact) mass is 255 g/mol. The highest BCUT2D eigenvalue weighted by atomic mass is 16.2. The summed E-state index contributed by atoms with van der Waals surface area (Å²) in [5.74, 6) is 0.839. The van der Waals surface area contributed by atoms with E-state index >= 15 is 0 Å². The molecule has 0 saturated carbocycles. The van der Waals surface area contributed by atoms with E-state index in [1.54, 1.807) is 12.4 Å². The molecular formula is C15H17N3O. The maximum atomic E-state index is 12.4. The number of hydrogen-bond acceptors (Lipinski definition) is 3. The van der Waals surface area contributed by atoms with Crippen LogP contribution < -0.4 is 0 Å². The normalized spacial score (nSPS) is 16.8. The van der Waals surface area contributed by atoms with Crippen molar-refractivity contribution in [2.75, 3.05) is 13.1 Å². The summed E-state index contributed by atoms with van der Waals surface area (Å²) in [6, 6.07) is 5.54. The van der Waals surface area contributed by atoms with Crippen molar-refractivity contribution in [1.82, 2.24) is 14.9 Å². The van der Waals surface area contributed by atoms with Crippen LogP contribution in [0.5, 0.6) is 0 Å². The average Bonchev–Trinajstić information content (AvgIpc) is 2.47. The Morgan fingerprint density at radius 1 is 1.16 bits per heavy atom. The molecule has 1 aliphatic rings. The zero-order valence-corrected chi connectivity index (χ0v) is 11.0. The molecule has 3 rings (SSSR count). The van der Waals surface area contributed by atoms with Gasteiger partial charge in [-0.2, -0.15) is 0 Å². The smallest absolute Gasteiger partial charge is 0.253 e. The summed E-state index contributed by atoms with van der Waals surface area (Å²) in [4.78, 5) is 22.8. The van der Waals surface area contributed by atoms with E-state index in [2.05, 4.69) is 16.9 Å². The molecule has 0 spiro atoms. The first kappa shape index (κ1) is 12.1. The van der Waals surface area contributed by atoms with Crippen LogP contribution in [0.25, 0.3) is 11.0 Å².